The molecule has 0 bridgehead atoms. The minimum atomic E-state index is -0.807. The molecule has 0 saturated heterocycles. The molecule has 1 heterocycles. The van der Waals surface area contributed by atoms with Crippen LogP contribution in [0, 0.1) is 0 Å². The van der Waals surface area contributed by atoms with Gasteiger partial charge in [-0.15, -0.1) is 0 Å². The minimum absolute atomic E-state index is 0.184. The quantitative estimate of drug-likeness (QED) is 0.772. The summed E-state index contributed by atoms with van der Waals surface area (Å²) in [7, 11) is 0. The van der Waals surface area contributed by atoms with Crippen molar-refractivity contribution in [3.05, 3.63) is 35.2 Å². The highest BCUT2D eigenvalue weighted by Crippen LogP contribution is 2.25. The van der Waals surface area contributed by atoms with Gasteiger partial charge in [0.1, 0.15) is 0 Å². The van der Waals surface area contributed by atoms with Crippen molar-refractivity contribution in [3.63, 3.8) is 0 Å². The van der Waals surface area contributed by atoms with E-state index in [1.165, 1.54) is 0 Å². The van der Waals surface area contributed by atoms with Crippen LogP contribution in [0.2, 0.25) is 5.02 Å². The van der Waals surface area contributed by atoms with E-state index in [1.807, 2.05) is 0 Å². The molecule has 2 aromatic rings. The Labute approximate surface area is 101 Å². The molecule has 0 unspecified atom stereocenters. The Morgan fingerprint density at radius 1 is 1.13 bits per heavy atom. The molecule has 0 atom stereocenters. The molecule has 0 fully saturated rings. The molecule has 6 heteroatoms. The van der Waals surface area contributed by atoms with Crippen molar-refractivity contribution in [2.24, 2.45) is 0 Å². The molecule has 0 aliphatic rings. The molecule has 0 aliphatic carbocycles. The standard InChI is InChI=1S/C9H5Cl3N2O/c10-6-3-1-5(2-4-6)8-13-9(7(11)12)15-14-8/h1-4,7H. The number of hydrogen-bond donors (Lipinski definition) is 0. The van der Waals surface area contributed by atoms with E-state index in [9.17, 15) is 0 Å². The molecule has 1 aromatic heterocycles. The molecule has 0 N–H and O–H groups in total. The third-order valence-electron chi connectivity index (χ3n) is 1.73. The number of rotatable bonds is 2. The lowest BCUT2D eigenvalue weighted by Gasteiger charge is -1.93. The van der Waals surface area contributed by atoms with E-state index >= 15 is 0 Å². The van der Waals surface area contributed by atoms with Crippen LogP contribution in [0.25, 0.3) is 11.4 Å². The van der Waals surface area contributed by atoms with Crippen LogP contribution in [0.4, 0.5) is 0 Å². The Morgan fingerprint density at radius 2 is 1.80 bits per heavy atom. The lowest BCUT2D eigenvalue weighted by molar-refractivity contribution is 0.388. The number of halogens is 3. The Hall–Kier alpha value is -0.770. The van der Waals surface area contributed by atoms with E-state index in [0.717, 1.165) is 5.56 Å². The van der Waals surface area contributed by atoms with Gasteiger partial charge in [0.25, 0.3) is 5.89 Å². The number of nitrogens with zero attached hydrogens (tertiary/aromatic N) is 2. The lowest BCUT2D eigenvalue weighted by atomic mass is 10.2. The zero-order valence-electron chi connectivity index (χ0n) is 7.32. The SMILES string of the molecule is Clc1ccc(-c2noc(C(Cl)Cl)n2)cc1. The van der Waals surface area contributed by atoms with Gasteiger partial charge in [-0.25, -0.2) is 0 Å². The van der Waals surface area contributed by atoms with Crippen molar-refractivity contribution in [2.45, 2.75) is 4.84 Å². The fourth-order valence-corrected chi connectivity index (χ4v) is 1.34. The second kappa shape index (κ2) is 4.39. The molecule has 1 aromatic carbocycles. The molecule has 0 amide bonds. The van der Waals surface area contributed by atoms with Gasteiger partial charge in [-0.05, 0) is 24.3 Å². The van der Waals surface area contributed by atoms with Crippen molar-refractivity contribution in [1.29, 1.82) is 0 Å². The fourth-order valence-electron chi connectivity index (χ4n) is 1.04. The van der Waals surface area contributed by atoms with E-state index in [0.29, 0.717) is 10.8 Å². The third-order valence-corrected chi connectivity index (χ3v) is 2.36. The van der Waals surface area contributed by atoms with Crippen LogP contribution in [0.5, 0.6) is 0 Å². The van der Waals surface area contributed by atoms with Gasteiger partial charge in [0, 0.05) is 10.6 Å². The summed E-state index contributed by atoms with van der Waals surface area (Å²) < 4.78 is 4.85. The lowest BCUT2D eigenvalue weighted by Crippen LogP contribution is -1.82. The van der Waals surface area contributed by atoms with Gasteiger partial charge in [-0.2, -0.15) is 4.98 Å². The van der Waals surface area contributed by atoms with Gasteiger partial charge in [0.2, 0.25) is 5.82 Å². The zero-order valence-corrected chi connectivity index (χ0v) is 9.59. The zero-order chi connectivity index (χ0) is 10.8. The molecule has 2 rings (SSSR count). The maximum absolute atomic E-state index is 5.75. The first kappa shape index (κ1) is 10.7. The summed E-state index contributed by atoms with van der Waals surface area (Å²) >= 11 is 16.9. The topological polar surface area (TPSA) is 38.9 Å². The second-order valence-electron chi connectivity index (χ2n) is 2.76. The first-order valence-electron chi connectivity index (χ1n) is 4.04. The molecular weight excluding hydrogens is 258 g/mol. The minimum Gasteiger partial charge on any atom is -0.336 e. The highest BCUT2D eigenvalue weighted by atomic mass is 35.5. The van der Waals surface area contributed by atoms with E-state index in [1.54, 1.807) is 24.3 Å². The van der Waals surface area contributed by atoms with Crippen LogP contribution in [-0.4, -0.2) is 10.1 Å². The maximum atomic E-state index is 5.75. The summed E-state index contributed by atoms with van der Waals surface area (Å²) in [6, 6.07) is 7.06. The monoisotopic (exact) mass is 262 g/mol. The highest BCUT2D eigenvalue weighted by Gasteiger charge is 2.13. The predicted octanol–water partition coefficient (Wildman–Crippen LogP) is 3.87. The number of alkyl halides is 2. The number of benzene rings is 1. The Kier molecular flexibility index (Phi) is 3.14. The average molecular weight is 264 g/mol. The predicted molar refractivity (Wildman–Crippen MR) is 59.2 cm³/mol. The molecule has 0 aliphatic heterocycles. The van der Waals surface area contributed by atoms with Crippen LogP contribution >= 0.6 is 34.8 Å². The van der Waals surface area contributed by atoms with Gasteiger partial charge in [-0.1, -0.05) is 40.0 Å². The average Bonchev–Trinajstić information content (AvgIpc) is 2.68. The van der Waals surface area contributed by atoms with Gasteiger partial charge in [0.05, 0.1) is 0 Å². The van der Waals surface area contributed by atoms with Crippen molar-refractivity contribution < 1.29 is 4.52 Å². The molecule has 0 spiro atoms. The molecule has 78 valence electrons. The Morgan fingerprint density at radius 3 is 2.33 bits per heavy atom. The maximum Gasteiger partial charge on any atom is 0.260 e. The smallest absolute Gasteiger partial charge is 0.260 e. The Bertz CT molecular complexity index is 453. The molecule has 0 saturated carbocycles. The third kappa shape index (κ3) is 2.43. The van der Waals surface area contributed by atoms with Crippen LogP contribution < -0.4 is 0 Å². The van der Waals surface area contributed by atoms with E-state index < -0.39 is 4.84 Å². The fraction of sp³-hybridized carbons (Fsp3) is 0.111. The molecular formula is C9H5Cl3N2O. The van der Waals surface area contributed by atoms with Crippen LogP contribution in [0.3, 0.4) is 0 Å². The second-order valence-corrected chi connectivity index (χ2v) is 4.30. The summed E-state index contributed by atoms with van der Waals surface area (Å²) in [4.78, 5) is 3.22. The first-order chi connectivity index (χ1) is 7.16. The van der Waals surface area contributed by atoms with Crippen molar-refractivity contribution in [2.75, 3.05) is 0 Å². The molecule has 0 radical (unpaired) electrons. The van der Waals surface area contributed by atoms with Gasteiger partial charge < -0.3 is 4.52 Å². The van der Waals surface area contributed by atoms with E-state index in [-0.39, 0.29) is 5.89 Å². The van der Waals surface area contributed by atoms with Crippen LogP contribution in [-0.2, 0) is 0 Å². The first-order valence-corrected chi connectivity index (χ1v) is 5.29. The molecule has 15 heavy (non-hydrogen) atoms. The number of hydrogen-bond acceptors (Lipinski definition) is 3. The van der Waals surface area contributed by atoms with Crippen molar-refractivity contribution >= 4 is 34.8 Å². The van der Waals surface area contributed by atoms with Crippen LogP contribution in [0.15, 0.2) is 28.8 Å². The van der Waals surface area contributed by atoms with Gasteiger partial charge >= 0.3 is 0 Å². The summed E-state index contributed by atoms with van der Waals surface area (Å²) in [6.07, 6.45) is 0. The van der Waals surface area contributed by atoms with Gasteiger partial charge in [0.15, 0.2) is 4.84 Å². The van der Waals surface area contributed by atoms with E-state index in [2.05, 4.69) is 10.1 Å². The number of aromatic nitrogens is 2. The summed E-state index contributed by atoms with van der Waals surface area (Å²) in [5, 5.41) is 4.39. The molecule has 3 nitrogen and oxygen atoms in total. The van der Waals surface area contributed by atoms with Crippen molar-refractivity contribution in [3.8, 4) is 11.4 Å². The highest BCUT2D eigenvalue weighted by molar-refractivity contribution is 6.43. The van der Waals surface area contributed by atoms with Crippen LogP contribution in [0.1, 0.15) is 10.7 Å². The summed E-state index contributed by atoms with van der Waals surface area (Å²) in [5.41, 5.74) is 0.795. The normalized spacial score (nSPS) is 10.9. The van der Waals surface area contributed by atoms with Gasteiger partial charge in [-0.3, -0.25) is 0 Å². The summed E-state index contributed by atoms with van der Waals surface area (Å²) in [5.74, 6) is 0.622. The van der Waals surface area contributed by atoms with Crippen molar-refractivity contribution in [1.82, 2.24) is 10.1 Å². The largest absolute Gasteiger partial charge is 0.336 e. The van der Waals surface area contributed by atoms with E-state index in [4.69, 9.17) is 39.3 Å². The summed E-state index contributed by atoms with van der Waals surface area (Å²) in [6.45, 7) is 0. The Balaban J connectivity index is 2.33.